The second-order valence-electron chi connectivity index (χ2n) is 4.26. The van der Waals surface area contributed by atoms with E-state index in [4.69, 9.17) is 5.84 Å². The average molecular weight is 244 g/mol. The van der Waals surface area contributed by atoms with Crippen molar-refractivity contribution in [2.75, 3.05) is 17.3 Å². The highest BCUT2D eigenvalue weighted by Gasteiger charge is 2.10. The molecule has 96 valence electrons. The Balaban J connectivity index is 2.58. The van der Waals surface area contributed by atoms with Gasteiger partial charge in [-0.05, 0) is 18.8 Å². The van der Waals surface area contributed by atoms with Crippen molar-refractivity contribution in [1.29, 1.82) is 0 Å². The molecule has 6 heteroatoms. The maximum atomic E-state index is 13.3. The molecular weight excluding hydrogens is 226 g/mol. The van der Waals surface area contributed by atoms with Crippen molar-refractivity contribution in [3.63, 3.8) is 0 Å². The van der Waals surface area contributed by atoms with Crippen molar-refractivity contribution in [2.45, 2.75) is 26.7 Å². The van der Waals surface area contributed by atoms with Gasteiger partial charge in [0.15, 0.2) is 23.3 Å². The van der Waals surface area contributed by atoms with E-state index in [1.54, 1.807) is 0 Å². The summed E-state index contributed by atoms with van der Waals surface area (Å²) in [6.07, 6.45) is 1.94. The van der Waals surface area contributed by atoms with Gasteiger partial charge in [0, 0.05) is 12.6 Å². The van der Waals surface area contributed by atoms with Crippen molar-refractivity contribution in [1.82, 2.24) is 4.98 Å². The highest BCUT2D eigenvalue weighted by atomic mass is 19.1. The Morgan fingerprint density at radius 2 is 1.94 bits per heavy atom. The maximum Gasteiger partial charge on any atom is 0.178 e. The summed E-state index contributed by atoms with van der Waals surface area (Å²) in [7, 11) is 0. The molecule has 0 fully saturated rings. The summed E-state index contributed by atoms with van der Waals surface area (Å²) < 4.78 is 26.4. The minimum Gasteiger partial charge on any atom is -0.368 e. The number of hydrazine groups is 1. The van der Waals surface area contributed by atoms with E-state index in [2.05, 4.69) is 29.6 Å². The Kier molecular flexibility index (Phi) is 5.09. The highest BCUT2D eigenvalue weighted by Crippen LogP contribution is 2.18. The van der Waals surface area contributed by atoms with Crippen molar-refractivity contribution in [3.05, 3.63) is 17.7 Å². The fourth-order valence-corrected chi connectivity index (χ4v) is 1.41. The van der Waals surface area contributed by atoms with Crippen LogP contribution in [-0.2, 0) is 0 Å². The fourth-order valence-electron chi connectivity index (χ4n) is 1.41. The molecular formula is C11H18F2N4. The van der Waals surface area contributed by atoms with Gasteiger partial charge in [-0.25, -0.2) is 19.6 Å². The Morgan fingerprint density at radius 3 is 2.53 bits per heavy atom. The maximum absolute atomic E-state index is 13.3. The summed E-state index contributed by atoms with van der Waals surface area (Å²) in [6, 6.07) is 0.757. The Hall–Kier alpha value is -1.43. The lowest BCUT2D eigenvalue weighted by atomic mass is 10.1. The second-order valence-corrected chi connectivity index (χ2v) is 4.26. The van der Waals surface area contributed by atoms with E-state index in [0.29, 0.717) is 12.5 Å². The molecule has 4 N–H and O–H groups in total. The minimum atomic E-state index is -0.808. The first-order chi connectivity index (χ1) is 8.04. The van der Waals surface area contributed by atoms with Gasteiger partial charge in [-0.1, -0.05) is 13.8 Å². The van der Waals surface area contributed by atoms with E-state index in [1.165, 1.54) is 0 Å². The Morgan fingerprint density at radius 1 is 1.29 bits per heavy atom. The molecule has 0 saturated heterocycles. The molecule has 0 saturated carbocycles. The number of hydrogen-bond donors (Lipinski definition) is 3. The van der Waals surface area contributed by atoms with E-state index in [-0.39, 0.29) is 11.6 Å². The summed E-state index contributed by atoms with van der Waals surface area (Å²) in [5.74, 6) is 3.99. The number of nitrogens with two attached hydrogens (primary N) is 1. The van der Waals surface area contributed by atoms with Crippen molar-refractivity contribution >= 4 is 11.6 Å². The molecule has 1 aromatic heterocycles. The third kappa shape index (κ3) is 4.14. The summed E-state index contributed by atoms with van der Waals surface area (Å²) in [5.41, 5.74) is 2.08. The molecule has 1 rings (SSSR count). The molecule has 0 amide bonds. The average Bonchev–Trinajstić information content (AvgIpc) is 2.26. The van der Waals surface area contributed by atoms with Gasteiger partial charge < -0.3 is 10.7 Å². The summed E-state index contributed by atoms with van der Waals surface area (Å²) in [4.78, 5) is 3.71. The number of pyridine rings is 1. The van der Waals surface area contributed by atoms with Gasteiger partial charge in [0.05, 0.1) is 0 Å². The van der Waals surface area contributed by atoms with Gasteiger partial charge in [-0.3, -0.25) is 0 Å². The number of nitrogen functional groups attached to an aromatic ring is 1. The summed E-state index contributed by atoms with van der Waals surface area (Å²) >= 11 is 0. The van der Waals surface area contributed by atoms with Gasteiger partial charge in [0.1, 0.15) is 0 Å². The quantitative estimate of drug-likeness (QED) is 0.409. The van der Waals surface area contributed by atoms with Gasteiger partial charge in [0.2, 0.25) is 0 Å². The zero-order valence-electron chi connectivity index (χ0n) is 10.1. The summed E-state index contributed by atoms with van der Waals surface area (Å²) in [6.45, 7) is 4.83. The van der Waals surface area contributed by atoms with Gasteiger partial charge in [0.25, 0.3) is 0 Å². The smallest absolute Gasteiger partial charge is 0.178 e. The van der Waals surface area contributed by atoms with E-state index in [1.807, 2.05) is 0 Å². The van der Waals surface area contributed by atoms with Crippen molar-refractivity contribution in [2.24, 2.45) is 11.8 Å². The molecule has 0 aromatic carbocycles. The van der Waals surface area contributed by atoms with Crippen molar-refractivity contribution in [3.8, 4) is 0 Å². The number of hydrogen-bond acceptors (Lipinski definition) is 4. The van der Waals surface area contributed by atoms with E-state index < -0.39 is 11.6 Å². The topological polar surface area (TPSA) is 63.0 Å². The Bertz CT molecular complexity index is 369. The number of anilines is 2. The first-order valence-electron chi connectivity index (χ1n) is 5.61. The molecule has 1 aromatic rings. The molecule has 0 spiro atoms. The molecule has 0 aliphatic rings. The van der Waals surface area contributed by atoms with Crippen LogP contribution < -0.4 is 16.6 Å². The highest BCUT2D eigenvalue weighted by molar-refractivity contribution is 5.46. The first-order valence-corrected chi connectivity index (χ1v) is 5.61. The van der Waals surface area contributed by atoms with E-state index in [9.17, 15) is 8.78 Å². The predicted octanol–water partition coefficient (Wildman–Crippen LogP) is 2.49. The SMILES string of the molecule is CC(C)CCCNc1nc(NN)c(F)cc1F. The Labute approximate surface area is 99.6 Å². The third-order valence-corrected chi connectivity index (χ3v) is 2.32. The van der Waals surface area contributed by atoms with Crippen LogP contribution in [0.4, 0.5) is 20.4 Å². The molecule has 4 nitrogen and oxygen atoms in total. The molecule has 0 radical (unpaired) electrons. The largest absolute Gasteiger partial charge is 0.368 e. The molecule has 0 bridgehead atoms. The van der Waals surface area contributed by atoms with Gasteiger partial charge in [-0.2, -0.15) is 0 Å². The van der Waals surface area contributed by atoms with Crippen LogP contribution in [0.3, 0.4) is 0 Å². The molecule has 0 unspecified atom stereocenters. The number of rotatable bonds is 6. The second kappa shape index (κ2) is 6.34. The predicted molar refractivity (Wildman–Crippen MR) is 64.5 cm³/mol. The molecule has 1 heterocycles. The molecule has 0 aliphatic heterocycles. The van der Waals surface area contributed by atoms with Crippen molar-refractivity contribution < 1.29 is 8.78 Å². The lowest BCUT2D eigenvalue weighted by molar-refractivity contribution is 0.561. The van der Waals surface area contributed by atoms with Crippen LogP contribution in [0, 0.1) is 17.6 Å². The number of halogens is 2. The first kappa shape index (κ1) is 13.6. The van der Waals surface area contributed by atoms with E-state index in [0.717, 1.165) is 18.9 Å². The summed E-state index contributed by atoms with van der Waals surface area (Å²) in [5, 5.41) is 2.82. The fraction of sp³-hybridized carbons (Fsp3) is 0.545. The standard InChI is InChI=1S/C11H18F2N4/c1-7(2)4-3-5-15-10-8(12)6-9(13)11(16-10)17-14/h6-7H,3-5,14H2,1-2H3,(H2,15,16,17). The number of nitrogens with zero attached hydrogens (tertiary/aromatic N) is 1. The normalized spacial score (nSPS) is 10.7. The lowest BCUT2D eigenvalue weighted by Gasteiger charge is -2.10. The zero-order valence-corrected chi connectivity index (χ0v) is 10.1. The molecule has 17 heavy (non-hydrogen) atoms. The van der Waals surface area contributed by atoms with Crippen LogP contribution in [0.1, 0.15) is 26.7 Å². The van der Waals surface area contributed by atoms with Crippen LogP contribution in [0.15, 0.2) is 6.07 Å². The monoisotopic (exact) mass is 244 g/mol. The van der Waals surface area contributed by atoms with E-state index >= 15 is 0 Å². The van der Waals surface area contributed by atoms with Gasteiger partial charge >= 0.3 is 0 Å². The molecule has 0 atom stereocenters. The number of nitrogens with one attached hydrogen (secondary N) is 2. The van der Waals surface area contributed by atoms with Crippen LogP contribution in [-0.4, -0.2) is 11.5 Å². The van der Waals surface area contributed by atoms with Crippen LogP contribution in [0.5, 0.6) is 0 Å². The zero-order chi connectivity index (χ0) is 12.8. The number of aromatic nitrogens is 1. The molecule has 0 aliphatic carbocycles. The van der Waals surface area contributed by atoms with Gasteiger partial charge in [-0.15, -0.1) is 0 Å². The van der Waals surface area contributed by atoms with Crippen LogP contribution in [0.2, 0.25) is 0 Å². The van der Waals surface area contributed by atoms with Crippen LogP contribution >= 0.6 is 0 Å². The minimum absolute atomic E-state index is 0.0168. The third-order valence-electron chi connectivity index (χ3n) is 2.32. The van der Waals surface area contributed by atoms with Crippen LogP contribution in [0.25, 0.3) is 0 Å². The lowest BCUT2D eigenvalue weighted by Crippen LogP contribution is -2.14.